The van der Waals surface area contributed by atoms with Crippen LogP contribution >= 0.6 is 0 Å². The zero-order valence-electron chi connectivity index (χ0n) is 15.5. The third kappa shape index (κ3) is 4.39. The number of fused-ring (bicyclic) bond motifs is 7. The Morgan fingerprint density at radius 2 is 2.15 bits per heavy atom. The van der Waals surface area contributed by atoms with Gasteiger partial charge >= 0.3 is 6.09 Å². The zero-order valence-corrected chi connectivity index (χ0v) is 15.5. The third-order valence-corrected chi connectivity index (χ3v) is 5.27. The fourth-order valence-electron chi connectivity index (χ4n) is 3.75. The molecule has 2 aromatic rings. The predicted octanol–water partition coefficient (Wildman–Crippen LogP) is 2.96. The molecule has 4 N–H and O–H groups in total. The van der Waals surface area contributed by atoms with E-state index in [0.29, 0.717) is 12.5 Å². The number of aromatic amines is 1. The number of ether oxygens (including phenoxy) is 1. The summed E-state index contributed by atoms with van der Waals surface area (Å²) < 4.78 is 5.56. The molecule has 4 rings (SSSR count). The molecule has 2 aromatic heterocycles. The van der Waals surface area contributed by atoms with E-state index in [0.717, 1.165) is 55.1 Å². The van der Waals surface area contributed by atoms with E-state index in [2.05, 4.69) is 38.1 Å². The molecule has 0 saturated heterocycles. The highest BCUT2D eigenvalue weighted by Crippen LogP contribution is 2.36. The van der Waals surface area contributed by atoms with E-state index in [9.17, 15) is 4.79 Å². The summed E-state index contributed by atoms with van der Waals surface area (Å²) in [5.41, 5.74) is 3.00. The van der Waals surface area contributed by atoms with Gasteiger partial charge in [-0.3, -0.25) is 10.1 Å². The highest BCUT2D eigenvalue weighted by molar-refractivity contribution is 5.67. The molecule has 27 heavy (non-hydrogen) atoms. The van der Waals surface area contributed by atoms with Crippen LogP contribution in [0, 0.1) is 0 Å². The highest BCUT2D eigenvalue weighted by Gasteiger charge is 2.29. The standard InChI is InChI=1S/C19H26N6O2/c1-12-16-10-14(5-8-21-16)23-18-11-17(24-25-18)13-3-4-15(9-13)27-19(26)22-7-2-6-20-12/h5,8,10-13,15,20H,2-4,6-7,9H2,1H3,(H,22,26)(H2,23,24,25)/t12-,13+,15-/m1/s1. The quantitative estimate of drug-likeness (QED) is 0.568. The van der Waals surface area contributed by atoms with Crippen molar-refractivity contribution in [3.63, 3.8) is 0 Å². The van der Waals surface area contributed by atoms with Crippen molar-refractivity contribution in [2.24, 2.45) is 0 Å². The van der Waals surface area contributed by atoms with Crippen LogP contribution in [0.3, 0.4) is 0 Å². The van der Waals surface area contributed by atoms with Gasteiger partial charge in [-0.05, 0) is 51.3 Å². The molecule has 1 aliphatic heterocycles. The van der Waals surface area contributed by atoms with Crippen LogP contribution in [-0.2, 0) is 4.74 Å². The van der Waals surface area contributed by atoms with E-state index in [4.69, 9.17) is 4.74 Å². The zero-order chi connectivity index (χ0) is 18.6. The Balaban J connectivity index is 1.54. The maximum Gasteiger partial charge on any atom is 0.407 e. The number of nitrogens with zero attached hydrogens (tertiary/aromatic N) is 2. The molecule has 8 heteroatoms. The van der Waals surface area contributed by atoms with Crippen molar-refractivity contribution < 1.29 is 9.53 Å². The fraction of sp³-hybridized carbons (Fsp3) is 0.526. The van der Waals surface area contributed by atoms with Gasteiger partial charge in [0.25, 0.3) is 0 Å². The molecule has 1 saturated carbocycles. The summed E-state index contributed by atoms with van der Waals surface area (Å²) in [5.74, 6) is 1.12. The summed E-state index contributed by atoms with van der Waals surface area (Å²) in [6, 6.07) is 6.13. The van der Waals surface area contributed by atoms with E-state index >= 15 is 0 Å². The van der Waals surface area contributed by atoms with Crippen molar-refractivity contribution in [2.45, 2.75) is 50.7 Å². The van der Waals surface area contributed by atoms with Crippen molar-refractivity contribution in [1.29, 1.82) is 0 Å². The number of carbonyl (C=O) groups excluding carboxylic acids is 1. The van der Waals surface area contributed by atoms with Crippen LogP contribution in [0.1, 0.15) is 56.0 Å². The Morgan fingerprint density at radius 1 is 1.22 bits per heavy atom. The van der Waals surface area contributed by atoms with Crippen LogP contribution in [0.25, 0.3) is 0 Å². The first-order chi connectivity index (χ1) is 13.2. The summed E-state index contributed by atoms with van der Waals surface area (Å²) in [7, 11) is 0. The summed E-state index contributed by atoms with van der Waals surface area (Å²) in [5, 5.41) is 17.1. The number of H-pyrrole nitrogens is 1. The molecule has 2 aliphatic rings. The maximum absolute atomic E-state index is 12.0. The number of hydrogen-bond donors (Lipinski definition) is 4. The second-order valence-corrected chi connectivity index (χ2v) is 7.30. The van der Waals surface area contributed by atoms with Gasteiger partial charge in [0, 0.05) is 42.1 Å². The molecule has 0 aromatic carbocycles. The number of pyridine rings is 1. The van der Waals surface area contributed by atoms with Crippen LogP contribution in [-0.4, -0.2) is 40.5 Å². The molecule has 8 nitrogen and oxygen atoms in total. The predicted molar refractivity (Wildman–Crippen MR) is 102 cm³/mol. The van der Waals surface area contributed by atoms with Gasteiger partial charge < -0.3 is 20.7 Å². The first-order valence-electron chi connectivity index (χ1n) is 9.63. The molecule has 1 amide bonds. The first kappa shape index (κ1) is 17.8. The number of anilines is 2. The van der Waals surface area contributed by atoms with Crippen LogP contribution in [0.2, 0.25) is 0 Å². The molecule has 0 radical (unpaired) electrons. The molecule has 1 fully saturated rings. The summed E-state index contributed by atoms with van der Waals surface area (Å²) in [6.45, 7) is 3.46. The highest BCUT2D eigenvalue weighted by atomic mass is 16.6. The summed E-state index contributed by atoms with van der Waals surface area (Å²) in [6.07, 6.45) is 4.98. The monoisotopic (exact) mass is 370 g/mol. The number of alkyl carbamates (subject to hydrolysis) is 1. The van der Waals surface area contributed by atoms with Gasteiger partial charge in [-0.2, -0.15) is 5.10 Å². The second kappa shape index (κ2) is 7.96. The lowest BCUT2D eigenvalue weighted by atomic mass is 10.0. The molecule has 0 unspecified atom stereocenters. The van der Waals surface area contributed by atoms with Crippen LogP contribution in [0.5, 0.6) is 0 Å². The van der Waals surface area contributed by atoms with E-state index in [-0.39, 0.29) is 18.2 Å². The van der Waals surface area contributed by atoms with Gasteiger partial charge in [-0.25, -0.2) is 4.79 Å². The number of hydrogen-bond acceptors (Lipinski definition) is 6. The Bertz CT molecular complexity index is 792. The van der Waals surface area contributed by atoms with Gasteiger partial charge in [-0.15, -0.1) is 0 Å². The number of carbonyl (C=O) groups is 1. The average Bonchev–Trinajstić information content (AvgIpc) is 3.30. The number of rotatable bonds is 0. The van der Waals surface area contributed by atoms with E-state index in [1.807, 2.05) is 18.2 Å². The lowest BCUT2D eigenvalue weighted by Gasteiger charge is -2.16. The van der Waals surface area contributed by atoms with Crippen molar-refractivity contribution in [1.82, 2.24) is 25.8 Å². The molecule has 6 bridgehead atoms. The van der Waals surface area contributed by atoms with Gasteiger partial charge in [-0.1, -0.05) is 0 Å². The molecule has 144 valence electrons. The van der Waals surface area contributed by atoms with Gasteiger partial charge in [0.15, 0.2) is 5.82 Å². The average molecular weight is 370 g/mol. The molecule has 3 heterocycles. The van der Waals surface area contributed by atoms with E-state index < -0.39 is 0 Å². The number of aromatic nitrogens is 3. The van der Waals surface area contributed by atoms with E-state index in [1.54, 1.807) is 6.20 Å². The lowest BCUT2D eigenvalue weighted by molar-refractivity contribution is 0.100. The topological polar surface area (TPSA) is 104 Å². The van der Waals surface area contributed by atoms with Gasteiger partial charge in [0.05, 0.1) is 5.69 Å². The number of nitrogens with one attached hydrogen (secondary N) is 4. The lowest BCUT2D eigenvalue weighted by Crippen LogP contribution is -2.31. The van der Waals surface area contributed by atoms with Crippen molar-refractivity contribution >= 4 is 17.6 Å². The van der Waals surface area contributed by atoms with Crippen molar-refractivity contribution in [3.8, 4) is 0 Å². The molecule has 0 spiro atoms. The Hall–Kier alpha value is -2.61. The molecular weight excluding hydrogens is 344 g/mol. The second-order valence-electron chi connectivity index (χ2n) is 7.30. The first-order valence-corrected chi connectivity index (χ1v) is 9.63. The normalized spacial score (nSPS) is 26.3. The Morgan fingerprint density at radius 3 is 3.07 bits per heavy atom. The van der Waals surface area contributed by atoms with Gasteiger partial charge in [0.1, 0.15) is 6.10 Å². The summed E-state index contributed by atoms with van der Waals surface area (Å²) in [4.78, 5) is 16.4. The van der Waals surface area contributed by atoms with Crippen LogP contribution in [0.4, 0.5) is 16.3 Å². The fourth-order valence-corrected chi connectivity index (χ4v) is 3.75. The number of amides is 1. The SMILES string of the molecule is C[C@H]1NCCCNC(=O)O[C@@H]2CC[C@@H](C2)c2cc(n[nH]2)Nc2ccnc1c2. The van der Waals surface area contributed by atoms with E-state index in [1.165, 1.54) is 0 Å². The van der Waals surface area contributed by atoms with Crippen molar-refractivity contribution in [3.05, 3.63) is 35.8 Å². The van der Waals surface area contributed by atoms with Crippen molar-refractivity contribution in [2.75, 3.05) is 18.4 Å². The Kier molecular flexibility index (Phi) is 5.24. The minimum absolute atomic E-state index is 0.0329. The maximum atomic E-state index is 12.0. The summed E-state index contributed by atoms with van der Waals surface area (Å²) >= 11 is 0. The smallest absolute Gasteiger partial charge is 0.407 e. The molecule has 3 atom stereocenters. The minimum atomic E-state index is -0.323. The third-order valence-electron chi connectivity index (χ3n) is 5.27. The van der Waals surface area contributed by atoms with Gasteiger partial charge in [0.2, 0.25) is 0 Å². The molecule has 1 aliphatic carbocycles. The molecular formula is C19H26N6O2. The van der Waals surface area contributed by atoms with Crippen LogP contribution < -0.4 is 16.0 Å². The largest absolute Gasteiger partial charge is 0.446 e. The Labute approximate surface area is 158 Å². The van der Waals surface area contributed by atoms with Crippen LogP contribution in [0.15, 0.2) is 24.4 Å². The minimum Gasteiger partial charge on any atom is -0.446 e.